The van der Waals surface area contributed by atoms with Crippen molar-refractivity contribution in [1.29, 1.82) is 0 Å². The first kappa shape index (κ1) is 13.5. The van der Waals surface area contributed by atoms with E-state index >= 15 is 0 Å². The van der Waals surface area contributed by atoms with Gasteiger partial charge in [0.25, 0.3) is 0 Å². The van der Waals surface area contributed by atoms with Crippen LogP contribution in [-0.4, -0.2) is 43.1 Å². The number of rotatable bonds is 4. The van der Waals surface area contributed by atoms with Crippen molar-refractivity contribution in [3.63, 3.8) is 0 Å². The van der Waals surface area contributed by atoms with Gasteiger partial charge >= 0.3 is 6.09 Å². The number of piperidine rings is 1. The minimum atomic E-state index is -0.325. The van der Waals surface area contributed by atoms with E-state index in [1.807, 2.05) is 0 Å². The smallest absolute Gasteiger partial charge is 0.409 e. The van der Waals surface area contributed by atoms with Gasteiger partial charge in [-0.1, -0.05) is 6.08 Å². The highest BCUT2D eigenvalue weighted by molar-refractivity contribution is 5.80. The molecule has 0 radical (unpaired) electrons. The monoisotopic (exact) mass is 240 g/mol. The number of ether oxygens (including phenoxy) is 1. The molecular weight excluding hydrogens is 220 g/mol. The van der Waals surface area contributed by atoms with E-state index in [9.17, 15) is 9.59 Å². The lowest BCUT2D eigenvalue weighted by molar-refractivity contribution is -0.126. The summed E-state index contributed by atoms with van der Waals surface area (Å²) in [6, 6.07) is 0. The predicted octanol–water partition coefficient (Wildman–Crippen LogP) is 1.16. The Kier molecular flexibility index (Phi) is 5.52. The fourth-order valence-corrected chi connectivity index (χ4v) is 1.89. The molecule has 1 rings (SSSR count). The van der Waals surface area contributed by atoms with Gasteiger partial charge in [0.2, 0.25) is 5.91 Å². The van der Waals surface area contributed by atoms with E-state index in [0.717, 1.165) is 12.8 Å². The van der Waals surface area contributed by atoms with Gasteiger partial charge in [-0.3, -0.25) is 4.79 Å². The van der Waals surface area contributed by atoms with Crippen molar-refractivity contribution >= 4 is 12.0 Å². The minimum Gasteiger partial charge on any atom is -0.450 e. The molecule has 1 unspecified atom stereocenters. The molecule has 0 aliphatic carbocycles. The molecule has 1 atom stereocenters. The first-order valence-electron chi connectivity index (χ1n) is 5.99. The molecule has 5 heteroatoms. The standard InChI is InChI=1S/C12H20N2O3/c1-3-7-13-11(15)10-6-5-8-14(9-10)12(16)17-4-2/h3,10H,1,4-9H2,2H3,(H,13,15). The summed E-state index contributed by atoms with van der Waals surface area (Å²) in [4.78, 5) is 24.9. The molecule has 0 saturated carbocycles. The third-order valence-corrected chi connectivity index (χ3v) is 2.74. The summed E-state index contributed by atoms with van der Waals surface area (Å²) in [7, 11) is 0. The van der Waals surface area contributed by atoms with Crippen molar-refractivity contribution in [3.05, 3.63) is 12.7 Å². The molecule has 5 nitrogen and oxygen atoms in total. The van der Waals surface area contributed by atoms with Crippen LogP contribution in [0.15, 0.2) is 12.7 Å². The van der Waals surface area contributed by atoms with Crippen molar-refractivity contribution in [2.24, 2.45) is 5.92 Å². The van der Waals surface area contributed by atoms with Crippen LogP contribution < -0.4 is 5.32 Å². The second-order valence-corrected chi connectivity index (χ2v) is 4.02. The lowest BCUT2D eigenvalue weighted by Crippen LogP contribution is -2.45. The Labute approximate surface area is 102 Å². The van der Waals surface area contributed by atoms with Gasteiger partial charge in [-0.25, -0.2) is 4.79 Å². The maximum absolute atomic E-state index is 11.7. The highest BCUT2D eigenvalue weighted by Gasteiger charge is 2.28. The van der Waals surface area contributed by atoms with Gasteiger partial charge in [-0.2, -0.15) is 0 Å². The molecule has 0 aromatic carbocycles. The molecule has 1 N–H and O–H groups in total. The number of carbonyl (C=O) groups excluding carboxylic acids is 2. The van der Waals surface area contributed by atoms with Crippen molar-refractivity contribution < 1.29 is 14.3 Å². The zero-order chi connectivity index (χ0) is 12.7. The Morgan fingerprint density at radius 2 is 2.35 bits per heavy atom. The molecule has 0 bridgehead atoms. The normalized spacial score (nSPS) is 19.6. The van der Waals surface area contributed by atoms with Crippen LogP contribution in [0, 0.1) is 5.92 Å². The van der Waals surface area contributed by atoms with Crippen LogP contribution in [0.3, 0.4) is 0 Å². The van der Waals surface area contributed by atoms with Gasteiger partial charge in [-0.15, -0.1) is 6.58 Å². The first-order valence-corrected chi connectivity index (χ1v) is 5.99. The van der Waals surface area contributed by atoms with Gasteiger partial charge in [0, 0.05) is 19.6 Å². The van der Waals surface area contributed by atoms with E-state index in [1.54, 1.807) is 17.9 Å². The van der Waals surface area contributed by atoms with E-state index in [-0.39, 0.29) is 17.9 Å². The van der Waals surface area contributed by atoms with Gasteiger partial charge in [-0.05, 0) is 19.8 Å². The molecule has 0 aromatic rings. The number of carbonyl (C=O) groups is 2. The average molecular weight is 240 g/mol. The largest absolute Gasteiger partial charge is 0.450 e. The molecule has 17 heavy (non-hydrogen) atoms. The van der Waals surface area contributed by atoms with Gasteiger partial charge in [0.15, 0.2) is 0 Å². The Morgan fingerprint density at radius 3 is 3.00 bits per heavy atom. The maximum Gasteiger partial charge on any atom is 0.409 e. The van der Waals surface area contributed by atoms with Crippen LogP contribution >= 0.6 is 0 Å². The lowest BCUT2D eigenvalue weighted by Gasteiger charge is -2.31. The van der Waals surface area contributed by atoms with Crippen molar-refractivity contribution in [2.45, 2.75) is 19.8 Å². The molecule has 1 saturated heterocycles. The fraction of sp³-hybridized carbons (Fsp3) is 0.667. The summed E-state index contributed by atoms with van der Waals surface area (Å²) >= 11 is 0. The van der Waals surface area contributed by atoms with Crippen LogP contribution in [0.2, 0.25) is 0 Å². The summed E-state index contributed by atoms with van der Waals surface area (Å²) < 4.78 is 4.93. The fourth-order valence-electron chi connectivity index (χ4n) is 1.89. The molecule has 96 valence electrons. The number of likely N-dealkylation sites (tertiary alicyclic amines) is 1. The molecule has 1 aliphatic rings. The molecule has 1 heterocycles. The van der Waals surface area contributed by atoms with Crippen molar-refractivity contribution in [3.8, 4) is 0 Å². The van der Waals surface area contributed by atoms with E-state index in [4.69, 9.17) is 4.74 Å². The second-order valence-electron chi connectivity index (χ2n) is 4.02. The molecular formula is C12H20N2O3. The Hall–Kier alpha value is -1.52. The summed E-state index contributed by atoms with van der Waals surface area (Å²) in [5.41, 5.74) is 0. The molecule has 1 aliphatic heterocycles. The predicted molar refractivity (Wildman–Crippen MR) is 64.5 cm³/mol. The maximum atomic E-state index is 11.7. The van der Waals surface area contributed by atoms with Crippen LogP contribution in [0.25, 0.3) is 0 Å². The van der Waals surface area contributed by atoms with Gasteiger partial charge in [0.05, 0.1) is 12.5 Å². The van der Waals surface area contributed by atoms with Crippen molar-refractivity contribution in [2.75, 3.05) is 26.2 Å². The quantitative estimate of drug-likeness (QED) is 0.750. The van der Waals surface area contributed by atoms with E-state index in [0.29, 0.717) is 26.2 Å². The summed E-state index contributed by atoms with van der Waals surface area (Å²) in [6.07, 6.45) is 2.97. The Morgan fingerprint density at radius 1 is 1.59 bits per heavy atom. The lowest BCUT2D eigenvalue weighted by atomic mass is 9.97. The van der Waals surface area contributed by atoms with Crippen LogP contribution in [0.4, 0.5) is 4.79 Å². The van der Waals surface area contributed by atoms with Crippen LogP contribution in [0.1, 0.15) is 19.8 Å². The zero-order valence-electron chi connectivity index (χ0n) is 10.3. The van der Waals surface area contributed by atoms with Gasteiger partial charge in [0.1, 0.15) is 0 Å². The van der Waals surface area contributed by atoms with Gasteiger partial charge < -0.3 is 15.0 Å². The van der Waals surface area contributed by atoms with E-state index in [2.05, 4.69) is 11.9 Å². The highest BCUT2D eigenvalue weighted by atomic mass is 16.6. The third kappa shape index (κ3) is 4.09. The molecule has 0 aromatic heterocycles. The number of amides is 2. The average Bonchev–Trinajstić information content (AvgIpc) is 2.36. The van der Waals surface area contributed by atoms with E-state index < -0.39 is 0 Å². The molecule has 1 fully saturated rings. The first-order chi connectivity index (χ1) is 8.19. The highest BCUT2D eigenvalue weighted by Crippen LogP contribution is 2.17. The van der Waals surface area contributed by atoms with Crippen LogP contribution in [0.5, 0.6) is 0 Å². The Balaban J connectivity index is 2.45. The zero-order valence-corrected chi connectivity index (χ0v) is 10.3. The van der Waals surface area contributed by atoms with Crippen molar-refractivity contribution in [1.82, 2.24) is 10.2 Å². The Bertz CT molecular complexity index is 291. The number of hydrogen-bond acceptors (Lipinski definition) is 3. The molecule has 2 amide bonds. The third-order valence-electron chi connectivity index (χ3n) is 2.74. The number of nitrogens with one attached hydrogen (secondary N) is 1. The second kappa shape index (κ2) is 6.93. The number of hydrogen-bond donors (Lipinski definition) is 1. The minimum absolute atomic E-state index is 0.0149. The topological polar surface area (TPSA) is 58.6 Å². The molecule has 0 spiro atoms. The summed E-state index contributed by atoms with van der Waals surface area (Å²) in [5, 5.41) is 2.76. The SMILES string of the molecule is C=CCNC(=O)C1CCCN(C(=O)OCC)C1. The number of nitrogens with zero attached hydrogens (tertiary/aromatic N) is 1. The van der Waals surface area contributed by atoms with Crippen LogP contribution in [-0.2, 0) is 9.53 Å². The van der Waals surface area contributed by atoms with E-state index in [1.165, 1.54) is 0 Å². The summed E-state index contributed by atoms with van der Waals surface area (Å²) in [6.45, 7) is 7.27. The summed E-state index contributed by atoms with van der Waals surface area (Å²) in [5.74, 6) is -0.146.